The normalized spacial score (nSPS) is 12.3. The molecule has 1 N–H and O–H groups in total. The van der Waals surface area contributed by atoms with Gasteiger partial charge in [-0.15, -0.1) is 11.3 Å². The number of unbranched alkanes of at least 4 members (excludes halogenated alkanes) is 2. The van der Waals surface area contributed by atoms with Crippen molar-refractivity contribution in [3.63, 3.8) is 0 Å². The number of rotatable bonds is 6. The van der Waals surface area contributed by atoms with Crippen molar-refractivity contribution in [2.45, 2.75) is 32.2 Å². The molecule has 0 bridgehead atoms. The highest BCUT2D eigenvalue weighted by atomic mass is 79.9. The van der Waals surface area contributed by atoms with Crippen molar-refractivity contribution in [3.8, 4) is 6.07 Å². The van der Waals surface area contributed by atoms with Crippen LogP contribution in [0.25, 0.3) is 0 Å². The molecule has 1 unspecified atom stereocenters. The van der Waals surface area contributed by atoms with Crippen LogP contribution in [0.4, 0.5) is 0 Å². The largest absolute Gasteiger partial charge is 0.308 e. The molecule has 0 aromatic carbocycles. The summed E-state index contributed by atoms with van der Waals surface area (Å²) in [5, 5.41) is 12.9. The fourth-order valence-electron chi connectivity index (χ4n) is 1.20. The van der Waals surface area contributed by atoms with E-state index in [9.17, 15) is 0 Å². The number of halogens is 1. The average molecular weight is 288 g/mol. The zero-order valence-corrected chi connectivity index (χ0v) is 11.1. The molecule has 82 valence electrons. The van der Waals surface area contributed by atoms with Crippen molar-refractivity contribution < 1.29 is 0 Å². The maximum atomic E-state index is 8.37. The summed E-state index contributed by atoms with van der Waals surface area (Å²) in [7, 11) is 0. The van der Waals surface area contributed by atoms with E-state index in [-0.39, 0.29) is 0 Å². The molecule has 0 radical (unpaired) electrons. The van der Waals surface area contributed by atoms with Crippen LogP contribution in [0.1, 0.15) is 37.2 Å². The van der Waals surface area contributed by atoms with Crippen molar-refractivity contribution in [2.24, 2.45) is 0 Å². The van der Waals surface area contributed by atoms with Crippen molar-refractivity contribution >= 4 is 27.3 Å². The smallest absolute Gasteiger partial charge is 0.110 e. The van der Waals surface area contributed by atoms with Gasteiger partial charge in [0.1, 0.15) is 5.01 Å². The number of aromatic nitrogens is 1. The third-order valence-electron chi connectivity index (χ3n) is 2.03. The molecule has 0 aliphatic carbocycles. The molecule has 0 saturated carbocycles. The van der Waals surface area contributed by atoms with Gasteiger partial charge in [0.15, 0.2) is 0 Å². The Morgan fingerprint density at radius 2 is 2.47 bits per heavy atom. The molecule has 0 aliphatic rings. The standard InChI is InChI=1S/C10H14BrN3S/c1-8(10-14-7-9(11)15-10)13-6-4-2-3-5-12/h7-8,13H,2-4,6H2,1H3. The minimum absolute atomic E-state index is 0.295. The number of hydrogen-bond acceptors (Lipinski definition) is 4. The second-order valence-electron chi connectivity index (χ2n) is 3.29. The Hall–Kier alpha value is -0.440. The first-order chi connectivity index (χ1) is 7.24. The Labute approximate surface area is 103 Å². The van der Waals surface area contributed by atoms with E-state index in [1.165, 1.54) is 0 Å². The number of nitrogens with one attached hydrogen (secondary N) is 1. The number of hydrogen-bond donors (Lipinski definition) is 1. The second kappa shape index (κ2) is 6.94. The van der Waals surface area contributed by atoms with E-state index in [1.807, 2.05) is 6.20 Å². The van der Waals surface area contributed by atoms with Gasteiger partial charge in [-0.1, -0.05) is 0 Å². The van der Waals surface area contributed by atoms with Crippen LogP contribution in [0.3, 0.4) is 0 Å². The Morgan fingerprint density at radius 3 is 3.07 bits per heavy atom. The van der Waals surface area contributed by atoms with Gasteiger partial charge in [0.25, 0.3) is 0 Å². The van der Waals surface area contributed by atoms with Crippen LogP contribution in [-0.4, -0.2) is 11.5 Å². The summed E-state index contributed by atoms with van der Waals surface area (Å²) in [6.07, 6.45) is 4.49. The highest BCUT2D eigenvalue weighted by Crippen LogP contribution is 2.23. The highest BCUT2D eigenvalue weighted by Gasteiger charge is 2.08. The summed E-state index contributed by atoms with van der Waals surface area (Å²) < 4.78 is 1.07. The zero-order valence-electron chi connectivity index (χ0n) is 8.66. The summed E-state index contributed by atoms with van der Waals surface area (Å²) in [5.74, 6) is 0. The lowest BCUT2D eigenvalue weighted by atomic mass is 10.2. The molecule has 1 heterocycles. The van der Waals surface area contributed by atoms with E-state index in [2.05, 4.69) is 39.2 Å². The first kappa shape index (κ1) is 12.6. The molecule has 1 rings (SSSR count). The molecular weight excluding hydrogens is 274 g/mol. The Morgan fingerprint density at radius 1 is 1.67 bits per heavy atom. The van der Waals surface area contributed by atoms with E-state index >= 15 is 0 Å². The van der Waals surface area contributed by atoms with Crippen LogP contribution in [-0.2, 0) is 0 Å². The summed E-state index contributed by atoms with van der Waals surface area (Å²) in [5.41, 5.74) is 0. The molecule has 15 heavy (non-hydrogen) atoms. The number of nitriles is 1. The van der Waals surface area contributed by atoms with Gasteiger partial charge in [-0.05, 0) is 42.2 Å². The molecule has 1 aromatic rings. The maximum absolute atomic E-state index is 8.37. The molecule has 0 spiro atoms. The SMILES string of the molecule is CC(NCCCCC#N)c1ncc(Br)s1. The highest BCUT2D eigenvalue weighted by molar-refractivity contribution is 9.11. The summed E-state index contributed by atoms with van der Waals surface area (Å²) in [6.45, 7) is 3.05. The van der Waals surface area contributed by atoms with Crippen molar-refractivity contribution in [3.05, 3.63) is 15.0 Å². The Kier molecular flexibility index (Phi) is 5.84. The molecule has 0 fully saturated rings. The molecule has 0 aliphatic heterocycles. The van der Waals surface area contributed by atoms with Crippen molar-refractivity contribution in [2.75, 3.05) is 6.54 Å². The summed E-state index contributed by atoms with van der Waals surface area (Å²) in [4.78, 5) is 4.29. The molecule has 0 saturated heterocycles. The molecule has 1 aromatic heterocycles. The van der Waals surface area contributed by atoms with E-state index < -0.39 is 0 Å². The van der Waals surface area contributed by atoms with Gasteiger partial charge in [0.05, 0.1) is 22.1 Å². The maximum Gasteiger partial charge on any atom is 0.110 e. The van der Waals surface area contributed by atoms with Crippen LogP contribution in [0.15, 0.2) is 9.98 Å². The van der Waals surface area contributed by atoms with Crippen molar-refractivity contribution in [1.29, 1.82) is 5.26 Å². The molecule has 3 nitrogen and oxygen atoms in total. The Balaban J connectivity index is 2.19. The predicted molar refractivity (Wildman–Crippen MR) is 65.7 cm³/mol. The van der Waals surface area contributed by atoms with Crippen LogP contribution in [0, 0.1) is 11.3 Å². The second-order valence-corrected chi connectivity index (χ2v) is 5.74. The first-order valence-corrected chi connectivity index (χ1v) is 6.56. The topological polar surface area (TPSA) is 48.7 Å². The molecule has 1 atom stereocenters. The zero-order chi connectivity index (χ0) is 11.1. The number of nitrogens with zero attached hydrogens (tertiary/aromatic N) is 2. The van der Waals surface area contributed by atoms with Gasteiger partial charge in [0.2, 0.25) is 0 Å². The lowest BCUT2D eigenvalue weighted by Crippen LogP contribution is -2.19. The van der Waals surface area contributed by atoms with E-state index in [0.717, 1.165) is 28.2 Å². The quantitative estimate of drug-likeness (QED) is 0.817. The van der Waals surface area contributed by atoms with E-state index in [1.54, 1.807) is 11.3 Å². The van der Waals surface area contributed by atoms with E-state index in [0.29, 0.717) is 12.5 Å². The van der Waals surface area contributed by atoms with Gasteiger partial charge in [-0.3, -0.25) is 0 Å². The van der Waals surface area contributed by atoms with Crippen LogP contribution < -0.4 is 5.32 Å². The minimum Gasteiger partial charge on any atom is -0.308 e. The minimum atomic E-state index is 0.295. The van der Waals surface area contributed by atoms with Gasteiger partial charge in [-0.2, -0.15) is 5.26 Å². The van der Waals surface area contributed by atoms with Gasteiger partial charge in [0, 0.05) is 6.42 Å². The van der Waals surface area contributed by atoms with Gasteiger partial charge in [-0.25, -0.2) is 4.98 Å². The first-order valence-electron chi connectivity index (χ1n) is 4.95. The van der Waals surface area contributed by atoms with Crippen LogP contribution in [0.2, 0.25) is 0 Å². The Bertz CT molecular complexity index is 332. The third-order valence-corrected chi connectivity index (χ3v) is 3.69. The van der Waals surface area contributed by atoms with Gasteiger partial charge >= 0.3 is 0 Å². The lowest BCUT2D eigenvalue weighted by molar-refractivity contribution is 0.547. The lowest BCUT2D eigenvalue weighted by Gasteiger charge is -2.09. The third kappa shape index (κ3) is 4.74. The molecule has 5 heteroatoms. The van der Waals surface area contributed by atoms with Gasteiger partial charge < -0.3 is 5.32 Å². The van der Waals surface area contributed by atoms with Crippen molar-refractivity contribution in [1.82, 2.24) is 10.3 Å². The van der Waals surface area contributed by atoms with E-state index in [4.69, 9.17) is 5.26 Å². The summed E-state index contributed by atoms with van der Waals surface area (Å²) >= 11 is 5.05. The monoisotopic (exact) mass is 287 g/mol. The fourth-order valence-corrected chi connectivity index (χ4v) is 2.47. The average Bonchev–Trinajstić information content (AvgIpc) is 2.64. The van der Waals surface area contributed by atoms with Crippen LogP contribution >= 0.6 is 27.3 Å². The molecule has 0 amide bonds. The fraction of sp³-hybridized carbons (Fsp3) is 0.600. The van der Waals surface area contributed by atoms with Crippen LogP contribution in [0.5, 0.6) is 0 Å². The molecular formula is C10H14BrN3S. The predicted octanol–water partition coefficient (Wildman–Crippen LogP) is 3.25. The number of thiazole rings is 1. The summed E-state index contributed by atoms with van der Waals surface area (Å²) in [6, 6.07) is 2.44.